The second kappa shape index (κ2) is 10.4. The predicted molar refractivity (Wildman–Crippen MR) is 120 cm³/mol. The zero-order valence-electron chi connectivity index (χ0n) is 19.4. The Kier molecular flexibility index (Phi) is 8.20. The van der Waals surface area contributed by atoms with Gasteiger partial charge in [0, 0.05) is 24.6 Å². The van der Waals surface area contributed by atoms with Crippen LogP contribution in [0.4, 0.5) is 0 Å². The van der Waals surface area contributed by atoms with Crippen LogP contribution in [0.5, 0.6) is 11.5 Å². The Morgan fingerprint density at radius 2 is 1.77 bits per heavy atom. The number of hydrogen-bond donors (Lipinski definition) is 1. The van der Waals surface area contributed by atoms with Crippen LogP contribution in [0.2, 0.25) is 0 Å². The number of hydrogen-bond acceptors (Lipinski definition) is 6. The van der Waals surface area contributed by atoms with E-state index in [9.17, 15) is 14.7 Å². The van der Waals surface area contributed by atoms with Gasteiger partial charge in [-0.25, -0.2) is 4.98 Å². The summed E-state index contributed by atoms with van der Waals surface area (Å²) in [4.78, 5) is 29.3. The summed E-state index contributed by atoms with van der Waals surface area (Å²) in [6, 6.07) is 7.77. The van der Waals surface area contributed by atoms with Gasteiger partial charge in [-0.05, 0) is 37.8 Å². The van der Waals surface area contributed by atoms with E-state index in [2.05, 4.69) is 50.9 Å². The smallest absolute Gasteiger partial charge is 0.309 e. The standard InChI is InChI=1S/C25H33NO5/c1-14(2)22(19-9-8-15(3)12-16(19)4)18(6)31-25(29)17(5)13-20(27)23-24(28)21(30-7)10-11-26-23/h8-12,14,17-18,22,28H,13H2,1-7H3/t17-,18+,22-/m1/s1. The number of ketones is 1. The van der Waals surface area contributed by atoms with Crippen LogP contribution in [-0.2, 0) is 9.53 Å². The summed E-state index contributed by atoms with van der Waals surface area (Å²) in [5.74, 6) is -1.42. The first kappa shape index (κ1) is 24.4. The minimum absolute atomic E-state index is 0.0385. The third kappa shape index (κ3) is 5.84. The molecular formula is C25H33NO5. The van der Waals surface area contributed by atoms with Gasteiger partial charge in [0.25, 0.3) is 0 Å². The van der Waals surface area contributed by atoms with Crippen molar-refractivity contribution in [2.24, 2.45) is 11.8 Å². The van der Waals surface area contributed by atoms with Crippen molar-refractivity contribution in [1.29, 1.82) is 0 Å². The maximum atomic E-state index is 12.7. The zero-order valence-corrected chi connectivity index (χ0v) is 19.4. The van der Waals surface area contributed by atoms with E-state index in [0.717, 1.165) is 5.56 Å². The molecule has 0 spiro atoms. The van der Waals surface area contributed by atoms with Gasteiger partial charge in [-0.15, -0.1) is 0 Å². The molecule has 0 saturated carbocycles. The fraction of sp³-hybridized carbons (Fsp3) is 0.480. The lowest BCUT2D eigenvalue weighted by molar-refractivity contribution is -0.154. The normalized spacial score (nSPS) is 14.1. The Morgan fingerprint density at radius 1 is 1.10 bits per heavy atom. The molecule has 31 heavy (non-hydrogen) atoms. The third-order valence-electron chi connectivity index (χ3n) is 5.58. The van der Waals surface area contributed by atoms with Crippen LogP contribution in [0.1, 0.15) is 67.2 Å². The van der Waals surface area contributed by atoms with E-state index in [4.69, 9.17) is 9.47 Å². The van der Waals surface area contributed by atoms with Crippen LogP contribution in [-0.4, -0.2) is 35.1 Å². The Morgan fingerprint density at radius 3 is 2.35 bits per heavy atom. The molecular weight excluding hydrogens is 394 g/mol. The molecule has 1 aromatic carbocycles. The van der Waals surface area contributed by atoms with E-state index in [1.165, 1.54) is 30.5 Å². The van der Waals surface area contributed by atoms with E-state index in [1.54, 1.807) is 6.92 Å². The summed E-state index contributed by atoms with van der Waals surface area (Å²) < 4.78 is 10.8. The number of Topliss-reactive ketones (excluding diaryl/α,β-unsaturated/α-hetero) is 1. The number of benzene rings is 1. The van der Waals surface area contributed by atoms with Gasteiger partial charge in [-0.3, -0.25) is 9.59 Å². The number of carbonyl (C=O) groups is 2. The summed E-state index contributed by atoms with van der Waals surface area (Å²) in [5.41, 5.74) is 3.41. The number of aryl methyl sites for hydroxylation is 2. The zero-order chi connectivity index (χ0) is 23.3. The van der Waals surface area contributed by atoms with E-state index in [0.29, 0.717) is 0 Å². The van der Waals surface area contributed by atoms with Gasteiger partial charge in [0.15, 0.2) is 23.0 Å². The highest BCUT2D eigenvalue weighted by molar-refractivity contribution is 5.99. The molecule has 0 unspecified atom stereocenters. The van der Waals surface area contributed by atoms with Crippen molar-refractivity contribution < 1.29 is 24.2 Å². The number of aromatic hydroxyl groups is 1. The molecule has 0 amide bonds. The second-order valence-electron chi connectivity index (χ2n) is 8.51. The molecule has 0 aliphatic rings. The average molecular weight is 428 g/mol. The maximum Gasteiger partial charge on any atom is 0.309 e. The van der Waals surface area contributed by atoms with Crippen LogP contribution in [0.15, 0.2) is 30.5 Å². The fourth-order valence-electron chi connectivity index (χ4n) is 3.99. The number of nitrogens with zero attached hydrogens (tertiary/aromatic N) is 1. The molecule has 2 rings (SSSR count). The molecule has 0 fully saturated rings. The summed E-state index contributed by atoms with van der Waals surface area (Å²) in [6.45, 7) is 11.9. The molecule has 0 radical (unpaired) electrons. The Hall–Kier alpha value is -2.89. The van der Waals surface area contributed by atoms with Crippen molar-refractivity contribution in [3.8, 4) is 11.5 Å². The molecule has 6 heteroatoms. The molecule has 1 N–H and O–H groups in total. The highest BCUT2D eigenvalue weighted by atomic mass is 16.5. The first-order valence-electron chi connectivity index (χ1n) is 10.6. The molecule has 1 aromatic heterocycles. The first-order valence-corrected chi connectivity index (χ1v) is 10.6. The lowest BCUT2D eigenvalue weighted by atomic mass is 9.82. The quantitative estimate of drug-likeness (QED) is 0.448. The molecule has 0 aliphatic heterocycles. The number of methoxy groups -OCH3 is 1. The Bertz CT molecular complexity index is 938. The minimum Gasteiger partial charge on any atom is -0.503 e. The molecule has 3 atom stereocenters. The van der Waals surface area contributed by atoms with Crippen molar-refractivity contribution in [1.82, 2.24) is 4.98 Å². The van der Waals surface area contributed by atoms with Gasteiger partial charge in [0.2, 0.25) is 0 Å². The maximum absolute atomic E-state index is 12.7. The van der Waals surface area contributed by atoms with Gasteiger partial charge in [0.05, 0.1) is 13.0 Å². The number of ether oxygens (including phenoxy) is 2. The van der Waals surface area contributed by atoms with Crippen molar-refractivity contribution >= 4 is 11.8 Å². The molecule has 0 aliphatic carbocycles. The number of rotatable bonds is 9. The molecule has 168 valence electrons. The first-order chi connectivity index (χ1) is 14.6. The largest absolute Gasteiger partial charge is 0.503 e. The van der Waals surface area contributed by atoms with Crippen LogP contribution >= 0.6 is 0 Å². The highest BCUT2D eigenvalue weighted by Crippen LogP contribution is 2.33. The molecule has 2 aromatic rings. The SMILES string of the molecule is COc1ccnc(C(=O)C[C@@H](C)C(=O)O[C@@H](C)[C@H](c2ccc(C)cc2C)C(C)C)c1O. The van der Waals surface area contributed by atoms with Gasteiger partial charge in [-0.1, -0.05) is 44.5 Å². The Labute approximate surface area is 184 Å². The van der Waals surface area contributed by atoms with E-state index < -0.39 is 17.7 Å². The third-order valence-corrected chi connectivity index (χ3v) is 5.58. The van der Waals surface area contributed by atoms with Gasteiger partial charge in [-0.2, -0.15) is 0 Å². The van der Waals surface area contributed by atoms with Crippen LogP contribution in [0.25, 0.3) is 0 Å². The van der Waals surface area contributed by atoms with E-state index >= 15 is 0 Å². The Balaban J connectivity index is 2.11. The monoisotopic (exact) mass is 427 g/mol. The molecule has 6 nitrogen and oxygen atoms in total. The van der Waals surface area contributed by atoms with Crippen molar-refractivity contribution in [2.45, 2.75) is 60.0 Å². The van der Waals surface area contributed by atoms with Crippen molar-refractivity contribution in [2.75, 3.05) is 7.11 Å². The number of aromatic nitrogens is 1. The van der Waals surface area contributed by atoms with Crippen LogP contribution < -0.4 is 4.74 Å². The number of carbonyl (C=O) groups excluding carboxylic acids is 2. The van der Waals surface area contributed by atoms with Gasteiger partial charge < -0.3 is 14.6 Å². The lowest BCUT2D eigenvalue weighted by Gasteiger charge is -2.30. The summed E-state index contributed by atoms with van der Waals surface area (Å²) in [7, 11) is 1.39. The summed E-state index contributed by atoms with van der Waals surface area (Å²) >= 11 is 0. The fourth-order valence-corrected chi connectivity index (χ4v) is 3.99. The average Bonchev–Trinajstić information content (AvgIpc) is 2.69. The molecule has 1 heterocycles. The topological polar surface area (TPSA) is 85.7 Å². The lowest BCUT2D eigenvalue weighted by Crippen LogP contribution is -2.30. The highest BCUT2D eigenvalue weighted by Gasteiger charge is 2.30. The number of pyridine rings is 1. The van der Waals surface area contributed by atoms with Crippen LogP contribution in [0, 0.1) is 25.7 Å². The van der Waals surface area contributed by atoms with Gasteiger partial charge >= 0.3 is 5.97 Å². The minimum atomic E-state index is -0.672. The van der Waals surface area contributed by atoms with Gasteiger partial charge in [0.1, 0.15) is 6.10 Å². The van der Waals surface area contributed by atoms with E-state index in [1.807, 2.05) is 6.92 Å². The van der Waals surface area contributed by atoms with E-state index in [-0.39, 0.29) is 41.6 Å². The van der Waals surface area contributed by atoms with Crippen LogP contribution in [0.3, 0.4) is 0 Å². The van der Waals surface area contributed by atoms with Crippen molar-refractivity contribution in [3.05, 3.63) is 52.8 Å². The molecule has 0 saturated heterocycles. The predicted octanol–water partition coefficient (Wildman–Crippen LogP) is 4.99. The summed E-state index contributed by atoms with van der Waals surface area (Å²) in [6.07, 6.45) is 0.915. The number of esters is 1. The summed E-state index contributed by atoms with van der Waals surface area (Å²) in [5, 5.41) is 10.1. The molecule has 0 bridgehead atoms. The van der Waals surface area contributed by atoms with Crippen molar-refractivity contribution in [3.63, 3.8) is 0 Å². The second-order valence-corrected chi connectivity index (χ2v) is 8.51.